The number of rotatable bonds is 6. The quantitative estimate of drug-likeness (QED) is 0.735. The van der Waals surface area contributed by atoms with E-state index in [-0.39, 0.29) is 12.1 Å². The van der Waals surface area contributed by atoms with E-state index in [9.17, 15) is 9.59 Å². The van der Waals surface area contributed by atoms with Gasteiger partial charge in [-0.1, -0.05) is 42.0 Å². The number of primary amides is 1. The Hall–Kier alpha value is -2.99. The first-order valence-electron chi connectivity index (χ1n) is 8.45. The Morgan fingerprint density at radius 2 is 1.81 bits per heavy atom. The van der Waals surface area contributed by atoms with E-state index in [2.05, 4.69) is 41.1 Å². The van der Waals surface area contributed by atoms with Gasteiger partial charge in [-0.3, -0.25) is 19.1 Å². The molecule has 0 saturated heterocycles. The van der Waals surface area contributed by atoms with Gasteiger partial charge >= 0.3 is 0 Å². The molecule has 3 aromatic rings. The molecule has 0 radical (unpaired) electrons. The van der Waals surface area contributed by atoms with Crippen molar-refractivity contribution in [1.29, 1.82) is 0 Å². The molecule has 6 nitrogen and oxygen atoms in total. The van der Waals surface area contributed by atoms with Crippen molar-refractivity contribution >= 4 is 16.8 Å². The summed E-state index contributed by atoms with van der Waals surface area (Å²) in [6.45, 7) is 3.01. The molecule has 0 aliphatic rings. The van der Waals surface area contributed by atoms with Crippen molar-refractivity contribution in [2.24, 2.45) is 5.73 Å². The summed E-state index contributed by atoms with van der Waals surface area (Å²) in [5, 5.41) is 0.485. The molecule has 0 bridgehead atoms. The second-order valence-electron chi connectivity index (χ2n) is 6.56. The van der Waals surface area contributed by atoms with Gasteiger partial charge in [0, 0.05) is 6.54 Å². The average Bonchev–Trinajstić information content (AvgIpc) is 2.60. The van der Waals surface area contributed by atoms with E-state index in [0.29, 0.717) is 29.8 Å². The fourth-order valence-electron chi connectivity index (χ4n) is 2.96. The number of fused-ring (bicyclic) bond motifs is 1. The van der Waals surface area contributed by atoms with Crippen LogP contribution in [0.3, 0.4) is 0 Å². The van der Waals surface area contributed by atoms with Gasteiger partial charge in [-0.05, 0) is 31.7 Å². The summed E-state index contributed by atoms with van der Waals surface area (Å²) in [4.78, 5) is 30.9. The van der Waals surface area contributed by atoms with Gasteiger partial charge in [-0.2, -0.15) is 0 Å². The zero-order valence-corrected chi connectivity index (χ0v) is 15.0. The normalized spacial score (nSPS) is 11.2. The van der Waals surface area contributed by atoms with E-state index < -0.39 is 5.91 Å². The van der Waals surface area contributed by atoms with E-state index in [1.807, 2.05) is 13.1 Å². The van der Waals surface area contributed by atoms with Gasteiger partial charge in [-0.15, -0.1) is 0 Å². The van der Waals surface area contributed by atoms with Crippen LogP contribution in [0.25, 0.3) is 10.9 Å². The smallest absolute Gasteiger partial charge is 0.261 e. The number of para-hydroxylation sites is 1. The number of amides is 1. The second kappa shape index (κ2) is 7.49. The van der Waals surface area contributed by atoms with Crippen molar-refractivity contribution in [2.45, 2.75) is 26.6 Å². The van der Waals surface area contributed by atoms with E-state index in [1.165, 1.54) is 15.7 Å². The molecule has 0 aliphatic carbocycles. The molecule has 0 unspecified atom stereocenters. The van der Waals surface area contributed by atoms with Gasteiger partial charge in [0.05, 0.1) is 17.4 Å². The van der Waals surface area contributed by atoms with Gasteiger partial charge in [0.25, 0.3) is 5.56 Å². The molecule has 1 amide bonds. The van der Waals surface area contributed by atoms with Crippen molar-refractivity contribution < 1.29 is 4.79 Å². The zero-order valence-electron chi connectivity index (χ0n) is 15.0. The Bertz CT molecular complexity index is 993. The fraction of sp³-hybridized carbons (Fsp3) is 0.250. The molecule has 0 atom stereocenters. The standard InChI is InChI=1S/C20H22N4O2/c1-14-7-9-15(10-8-14)11-23(2)13-19-22-17-6-4-3-5-16(17)20(26)24(19)12-18(21)25/h3-10H,11-13H2,1-2H3,(H2,21,25). The molecular weight excluding hydrogens is 328 g/mol. The van der Waals surface area contributed by atoms with Crippen molar-refractivity contribution in [3.8, 4) is 0 Å². The highest BCUT2D eigenvalue weighted by molar-refractivity contribution is 5.78. The van der Waals surface area contributed by atoms with Crippen LogP contribution in [0.15, 0.2) is 53.3 Å². The highest BCUT2D eigenvalue weighted by atomic mass is 16.2. The van der Waals surface area contributed by atoms with Crippen LogP contribution in [0.5, 0.6) is 0 Å². The summed E-state index contributed by atoms with van der Waals surface area (Å²) in [6.07, 6.45) is 0. The van der Waals surface area contributed by atoms with Crippen LogP contribution in [0.1, 0.15) is 17.0 Å². The third kappa shape index (κ3) is 3.97. The minimum Gasteiger partial charge on any atom is -0.368 e. The van der Waals surface area contributed by atoms with Gasteiger partial charge in [-0.25, -0.2) is 4.98 Å². The van der Waals surface area contributed by atoms with E-state index in [0.717, 1.165) is 0 Å². The monoisotopic (exact) mass is 350 g/mol. The second-order valence-corrected chi connectivity index (χ2v) is 6.56. The molecule has 1 heterocycles. The lowest BCUT2D eigenvalue weighted by Gasteiger charge is -2.19. The topological polar surface area (TPSA) is 81.2 Å². The van der Waals surface area contributed by atoms with Crippen LogP contribution in [-0.4, -0.2) is 27.4 Å². The Morgan fingerprint density at radius 1 is 1.12 bits per heavy atom. The first-order valence-corrected chi connectivity index (χ1v) is 8.45. The molecule has 2 N–H and O–H groups in total. The Balaban J connectivity index is 1.93. The first-order chi connectivity index (χ1) is 12.4. The Morgan fingerprint density at radius 3 is 2.50 bits per heavy atom. The number of aromatic nitrogens is 2. The molecule has 0 aliphatic heterocycles. The van der Waals surface area contributed by atoms with Crippen molar-refractivity contribution in [3.05, 3.63) is 75.8 Å². The predicted octanol–water partition coefficient (Wildman–Crippen LogP) is 1.82. The maximum atomic E-state index is 12.8. The molecule has 0 spiro atoms. The zero-order chi connectivity index (χ0) is 18.7. The van der Waals surface area contributed by atoms with Crippen LogP contribution < -0.4 is 11.3 Å². The van der Waals surface area contributed by atoms with Crippen LogP contribution in [0.4, 0.5) is 0 Å². The van der Waals surface area contributed by atoms with Gasteiger partial charge in [0.15, 0.2) is 0 Å². The Kier molecular flexibility index (Phi) is 5.14. The number of carbonyl (C=O) groups is 1. The third-order valence-corrected chi connectivity index (χ3v) is 4.24. The van der Waals surface area contributed by atoms with Crippen molar-refractivity contribution in [2.75, 3.05) is 7.05 Å². The fourth-order valence-corrected chi connectivity index (χ4v) is 2.96. The number of carbonyl (C=O) groups excluding carboxylic acids is 1. The SMILES string of the molecule is Cc1ccc(CN(C)Cc2nc3ccccc3c(=O)n2CC(N)=O)cc1. The number of hydrogen-bond donors (Lipinski definition) is 1. The molecule has 134 valence electrons. The summed E-state index contributed by atoms with van der Waals surface area (Å²) in [5.41, 5.74) is 8.09. The minimum absolute atomic E-state index is 0.176. The summed E-state index contributed by atoms with van der Waals surface area (Å²) in [7, 11) is 1.95. The number of nitrogens with two attached hydrogens (primary N) is 1. The molecule has 26 heavy (non-hydrogen) atoms. The molecular formula is C20H22N4O2. The molecule has 1 aromatic heterocycles. The van der Waals surface area contributed by atoms with E-state index >= 15 is 0 Å². The lowest BCUT2D eigenvalue weighted by Crippen LogP contribution is -2.33. The van der Waals surface area contributed by atoms with Crippen LogP contribution >= 0.6 is 0 Å². The highest BCUT2D eigenvalue weighted by Crippen LogP contribution is 2.11. The summed E-state index contributed by atoms with van der Waals surface area (Å²) >= 11 is 0. The number of hydrogen-bond acceptors (Lipinski definition) is 4. The summed E-state index contributed by atoms with van der Waals surface area (Å²) in [6, 6.07) is 15.4. The summed E-state index contributed by atoms with van der Waals surface area (Å²) in [5.74, 6) is -0.0336. The van der Waals surface area contributed by atoms with Gasteiger partial charge in [0.1, 0.15) is 12.4 Å². The minimum atomic E-state index is -0.563. The molecule has 0 saturated carbocycles. The van der Waals surface area contributed by atoms with E-state index in [1.54, 1.807) is 18.2 Å². The molecule has 0 fully saturated rings. The number of aryl methyl sites for hydroxylation is 1. The van der Waals surface area contributed by atoms with Crippen LogP contribution in [-0.2, 0) is 24.4 Å². The number of benzene rings is 2. The molecule has 3 rings (SSSR count). The van der Waals surface area contributed by atoms with E-state index in [4.69, 9.17) is 5.73 Å². The van der Waals surface area contributed by atoms with Crippen molar-refractivity contribution in [3.63, 3.8) is 0 Å². The number of nitrogens with zero attached hydrogens (tertiary/aromatic N) is 3. The van der Waals surface area contributed by atoms with Gasteiger partial charge < -0.3 is 5.73 Å². The summed E-state index contributed by atoms with van der Waals surface area (Å²) < 4.78 is 1.37. The predicted molar refractivity (Wildman–Crippen MR) is 102 cm³/mol. The largest absolute Gasteiger partial charge is 0.368 e. The van der Waals surface area contributed by atoms with Crippen LogP contribution in [0.2, 0.25) is 0 Å². The third-order valence-electron chi connectivity index (χ3n) is 4.24. The first kappa shape index (κ1) is 17.8. The molecule has 6 heteroatoms. The lowest BCUT2D eigenvalue weighted by atomic mass is 10.1. The maximum absolute atomic E-state index is 12.8. The van der Waals surface area contributed by atoms with Crippen molar-refractivity contribution in [1.82, 2.24) is 14.5 Å². The lowest BCUT2D eigenvalue weighted by molar-refractivity contribution is -0.118. The van der Waals surface area contributed by atoms with Crippen LogP contribution in [0, 0.1) is 6.92 Å². The Labute approximate surface area is 151 Å². The molecule has 2 aromatic carbocycles. The highest BCUT2D eigenvalue weighted by Gasteiger charge is 2.14. The average molecular weight is 350 g/mol. The maximum Gasteiger partial charge on any atom is 0.261 e. The van der Waals surface area contributed by atoms with Gasteiger partial charge in [0.2, 0.25) is 5.91 Å².